The lowest BCUT2D eigenvalue weighted by Gasteiger charge is -2.27. The molecule has 1 amide bonds. The Bertz CT molecular complexity index is 946. The number of hydrogen-bond donors (Lipinski definition) is 3. The van der Waals surface area contributed by atoms with Crippen molar-refractivity contribution in [2.45, 2.75) is 44.8 Å². The summed E-state index contributed by atoms with van der Waals surface area (Å²) < 4.78 is 19.2. The minimum Gasteiger partial charge on any atom is -0.376 e. The number of halogens is 2. The van der Waals surface area contributed by atoms with Gasteiger partial charge in [-0.05, 0) is 48.2 Å². The third kappa shape index (κ3) is 8.26. The van der Waals surface area contributed by atoms with Gasteiger partial charge in [0, 0.05) is 44.3 Å². The highest BCUT2D eigenvalue weighted by Crippen LogP contribution is 2.22. The van der Waals surface area contributed by atoms with Crippen LogP contribution >= 0.6 is 24.0 Å². The average molecular weight is 568 g/mol. The molecule has 33 heavy (non-hydrogen) atoms. The van der Waals surface area contributed by atoms with E-state index in [1.165, 1.54) is 6.07 Å². The van der Waals surface area contributed by atoms with Crippen LogP contribution in [0.4, 0.5) is 4.39 Å². The van der Waals surface area contributed by atoms with E-state index in [0.29, 0.717) is 31.2 Å². The largest absolute Gasteiger partial charge is 0.376 e. The van der Waals surface area contributed by atoms with Gasteiger partial charge in [0.15, 0.2) is 5.96 Å². The summed E-state index contributed by atoms with van der Waals surface area (Å²) in [7, 11) is 1.71. The third-order valence-corrected chi connectivity index (χ3v) is 5.69. The highest BCUT2D eigenvalue weighted by Gasteiger charge is 2.21. The molecule has 1 saturated heterocycles. The Morgan fingerprint density at radius 3 is 2.64 bits per heavy atom. The molecule has 0 aromatic heterocycles. The SMILES string of the molecule is CN=C(NCc1cccc(C(=O)NCC2CCCO2)c1)NCC(C)(C)c1cccc(F)c1.I. The fourth-order valence-electron chi connectivity index (χ4n) is 3.66. The number of nitrogens with one attached hydrogen (secondary N) is 3. The number of carbonyl (C=O) groups is 1. The molecule has 0 bridgehead atoms. The van der Waals surface area contributed by atoms with Crippen LogP contribution < -0.4 is 16.0 Å². The number of benzene rings is 2. The molecule has 1 unspecified atom stereocenters. The molecular weight excluding hydrogens is 534 g/mol. The molecule has 6 nitrogen and oxygen atoms in total. The molecule has 2 aromatic rings. The van der Waals surface area contributed by atoms with Crippen LogP contribution in [0, 0.1) is 5.82 Å². The predicted molar refractivity (Wildman–Crippen MR) is 141 cm³/mol. The quantitative estimate of drug-likeness (QED) is 0.256. The summed E-state index contributed by atoms with van der Waals surface area (Å²) in [5.41, 5.74) is 2.24. The molecule has 0 saturated carbocycles. The lowest BCUT2D eigenvalue weighted by Crippen LogP contribution is -2.43. The number of nitrogens with zero attached hydrogens (tertiary/aromatic N) is 1. The van der Waals surface area contributed by atoms with Crippen LogP contribution in [0.3, 0.4) is 0 Å². The Labute approximate surface area is 212 Å². The minimum absolute atomic E-state index is 0. The Morgan fingerprint density at radius 1 is 1.15 bits per heavy atom. The molecule has 8 heteroatoms. The van der Waals surface area contributed by atoms with Crippen LogP contribution in [-0.2, 0) is 16.7 Å². The monoisotopic (exact) mass is 568 g/mol. The summed E-state index contributed by atoms with van der Waals surface area (Å²) >= 11 is 0. The van der Waals surface area contributed by atoms with Crippen LogP contribution in [0.15, 0.2) is 53.5 Å². The van der Waals surface area contributed by atoms with E-state index in [4.69, 9.17) is 4.74 Å². The van der Waals surface area contributed by atoms with Gasteiger partial charge in [-0.15, -0.1) is 24.0 Å². The highest BCUT2D eigenvalue weighted by atomic mass is 127. The van der Waals surface area contributed by atoms with E-state index < -0.39 is 0 Å². The maximum absolute atomic E-state index is 13.6. The summed E-state index contributed by atoms with van der Waals surface area (Å²) in [5.74, 6) is 0.308. The van der Waals surface area contributed by atoms with Crippen LogP contribution in [0.25, 0.3) is 0 Å². The summed E-state index contributed by atoms with van der Waals surface area (Å²) in [5, 5.41) is 9.54. The topological polar surface area (TPSA) is 74.8 Å². The first kappa shape index (κ1) is 27.0. The van der Waals surface area contributed by atoms with Gasteiger partial charge >= 0.3 is 0 Å². The van der Waals surface area contributed by atoms with Gasteiger partial charge in [0.2, 0.25) is 0 Å². The molecule has 2 aromatic carbocycles. The second-order valence-electron chi connectivity index (χ2n) is 8.72. The van der Waals surface area contributed by atoms with Crippen molar-refractivity contribution in [1.29, 1.82) is 0 Å². The van der Waals surface area contributed by atoms with E-state index in [1.54, 1.807) is 19.2 Å². The smallest absolute Gasteiger partial charge is 0.251 e. The van der Waals surface area contributed by atoms with Crippen molar-refractivity contribution in [2.75, 3.05) is 26.7 Å². The molecule has 0 radical (unpaired) electrons. The lowest BCUT2D eigenvalue weighted by molar-refractivity contribution is 0.0857. The number of rotatable bonds is 8. The predicted octanol–water partition coefficient (Wildman–Crippen LogP) is 4.00. The van der Waals surface area contributed by atoms with Crippen molar-refractivity contribution in [2.24, 2.45) is 4.99 Å². The molecule has 3 N–H and O–H groups in total. The first-order chi connectivity index (χ1) is 15.4. The fraction of sp³-hybridized carbons (Fsp3) is 0.440. The van der Waals surface area contributed by atoms with Gasteiger partial charge in [-0.3, -0.25) is 9.79 Å². The normalized spacial score (nSPS) is 16.1. The molecule has 0 spiro atoms. The van der Waals surface area contributed by atoms with Crippen molar-refractivity contribution in [3.63, 3.8) is 0 Å². The minimum atomic E-state index is -0.277. The Kier molecular flexibility index (Phi) is 10.6. The van der Waals surface area contributed by atoms with E-state index >= 15 is 0 Å². The second-order valence-corrected chi connectivity index (χ2v) is 8.72. The average Bonchev–Trinajstić information content (AvgIpc) is 3.31. The molecule has 3 rings (SSSR count). The van der Waals surface area contributed by atoms with Gasteiger partial charge in [-0.25, -0.2) is 4.39 Å². The van der Waals surface area contributed by atoms with Crippen molar-refractivity contribution in [3.05, 3.63) is 71.0 Å². The molecule has 1 heterocycles. The van der Waals surface area contributed by atoms with Gasteiger partial charge in [-0.2, -0.15) is 0 Å². The van der Waals surface area contributed by atoms with Crippen LogP contribution in [0.5, 0.6) is 0 Å². The molecular formula is C25H34FIN4O2. The number of guanidine groups is 1. The Balaban J connectivity index is 0.00000385. The number of hydrogen-bond acceptors (Lipinski definition) is 3. The maximum atomic E-state index is 13.6. The van der Waals surface area contributed by atoms with Crippen LogP contribution in [-0.4, -0.2) is 44.7 Å². The van der Waals surface area contributed by atoms with E-state index in [-0.39, 0.29) is 47.2 Å². The fourth-order valence-corrected chi connectivity index (χ4v) is 3.66. The molecule has 1 atom stereocenters. The third-order valence-electron chi connectivity index (χ3n) is 5.69. The van der Waals surface area contributed by atoms with Gasteiger partial charge in [0.1, 0.15) is 5.82 Å². The van der Waals surface area contributed by atoms with Crippen molar-refractivity contribution >= 4 is 35.8 Å². The zero-order chi connectivity index (χ0) is 23.0. The first-order valence-electron chi connectivity index (χ1n) is 11.1. The summed E-state index contributed by atoms with van der Waals surface area (Å²) in [6.45, 7) is 6.53. The Hall–Kier alpha value is -2.20. The van der Waals surface area contributed by atoms with Crippen LogP contribution in [0.1, 0.15) is 48.2 Å². The van der Waals surface area contributed by atoms with Crippen molar-refractivity contribution in [1.82, 2.24) is 16.0 Å². The summed E-state index contributed by atoms with van der Waals surface area (Å²) in [6, 6.07) is 14.2. The maximum Gasteiger partial charge on any atom is 0.251 e. The zero-order valence-electron chi connectivity index (χ0n) is 19.5. The van der Waals surface area contributed by atoms with Gasteiger partial charge in [-0.1, -0.05) is 38.1 Å². The van der Waals surface area contributed by atoms with Crippen molar-refractivity contribution in [3.8, 4) is 0 Å². The lowest BCUT2D eigenvalue weighted by atomic mass is 9.84. The van der Waals surface area contributed by atoms with Gasteiger partial charge in [0.25, 0.3) is 5.91 Å². The first-order valence-corrected chi connectivity index (χ1v) is 11.1. The number of ether oxygens (including phenoxy) is 1. The van der Waals surface area contributed by atoms with E-state index in [1.807, 2.05) is 30.3 Å². The Morgan fingerprint density at radius 2 is 1.94 bits per heavy atom. The van der Waals surface area contributed by atoms with Crippen LogP contribution in [0.2, 0.25) is 0 Å². The van der Waals surface area contributed by atoms with E-state index in [9.17, 15) is 9.18 Å². The highest BCUT2D eigenvalue weighted by molar-refractivity contribution is 14.0. The zero-order valence-corrected chi connectivity index (χ0v) is 21.8. The number of aliphatic imine (C=N–C) groups is 1. The van der Waals surface area contributed by atoms with Gasteiger partial charge < -0.3 is 20.7 Å². The molecule has 1 fully saturated rings. The molecule has 180 valence electrons. The standard InChI is InChI=1S/C25H33FN4O2.HI/c1-25(2,20-9-5-10-21(26)14-20)17-30-24(27-3)29-15-18-7-4-8-19(13-18)23(31)28-16-22-11-6-12-32-22;/h4-5,7-10,13-14,22H,6,11-12,15-17H2,1-3H3,(H,28,31)(H2,27,29,30);1H. The van der Waals surface area contributed by atoms with E-state index in [2.05, 4.69) is 34.8 Å². The van der Waals surface area contributed by atoms with E-state index in [0.717, 1.165) is 30.6 Å². The van der Waals surface area contributed by atoms with Gasteiger partial charge in [0.05, 0.1) is 6.10 Å². The molecule has 0 aliphatic carbocycles. The van der Waals surface area contributed by atoms with Crippen molar-refractivity contribution < 1.29 is 13.9 Å². The molecule has 1 aliphatic heterocycles. The second kappa shape index (κ2) is 12.9. The molecule has 1 aliphatic rings. The number of carbonyl (C=O) groups excluding carboxylic acids is 1. The summed E-state index contributed by atoms with van der Waals surface area (Å²) in [6.07, 6.45) is 2.16. The summed E-state index contributed by atoms with van der Waals surface area (Å²) in [4.78, 5) is 16.7. The number of amides is 1.